The molecule has 70 heavy (non-hydrogen) atoms. The summed E-state index contributed by atoms with van der Waals surface area (Å²) in [6, 6.07) is 5.93. The number of phenolic OH excluding ortho intramolecular Hbond substituents is 2. The zero-order valence-electron chi connectivity index (χ0n) is 42.6. The summed E-state index contributed by atoms with van der Waals surface area (Å²) >= 11 is 0. The number of benzene rings is 2. The highest BCUT2D eigenvalue weighted by atomic mass is 16.6. The monoisotopic (exact) mass is 961 g/mol. The molecule has 4 aliphatic carbocycles. The summed E-state index contributed by atoms with van der Waals surface area (Å²) in [7, 11) is 0. The number of rotatable bonds is 10. The minimum Gasteiger partial charge on any atom is -0.508 e. The first-order chi connectivity index (χ1) is 32.9. The van der Waals surface area contributed by atoms with Gasteiger partial charge in [0.05, 0.1) is 11.2 Å². The third kappa shape index (κ3) is 8.49. The second-order valence-electron chi connectivity index (χ2n) is 22.5. The zero-order chi connectivity index (χ0) is 50.9. The maximum Gasteiger partial charge on any atom is 0.340 e. The van der Waals surface area contributed by atoms with E-state index in [1.165, 1.54) is 55.9 Å². The molecule has 2 aromatic carbocycles. The van der Waals surface area contributed by atoms with Crippen LogP contribution in [0.1, 0.15) is 172 Å². The van der Waals surface area contributed by atoms with Gasteiger partial charge < -0.3 is 39.4 Å². The van der Waals surface area contributed by atoms with Crippen molar-refractivity contribution >= 4 is 29.8 Å². The Balaban J connectivity index is 0.000000237. The maximum atomic E-state index is 14.7. The smallest absolute Gasteiger partial charge is 0.340 e. The molecule has 2 saturated carbocycles. The van der Waals surface area contributed by atoms with Gasteiger partial charge in [0.15, 0.2) is 11.4 Å². The number of carbonyl (C=O) groups excluding carboxylic acids is 2. The van der Waals surface area contributed by atoms with E-state index in [1.807, 2.05) is 58.9 Å². The standard InChI is InChI=1S/C38H46O9.C20H26O3/c1-21(2)11-10-18-36(8)19-17-24-29(39)28-30(40)26-12-9-13-27-35(6,7)47-37(34(43)44,20-16-23(5)33(41)42)38(26,27)46-32(28)25(31(24)45-36)15-14-22(3)4;1-12(21)23-19-8-7-18-17-5-3-13-11-14(22)4-6-15(13)16(17)9-10-20(18,19)2/h11-12,14,16-17,19,27,39H,9-10,13,15,18,20H2,1-8H3,(H,41,42)(H,43,44);4,6,11,16-19,22H,3,5,7-10H2,1-2H3. The van der Waals surface area contributed by atoms with Crippen LogP contribution in [0.4, 0.5) is 0 Å². The lowest BCUT2D eigenvalue weighted by Crippen LogP contribution is -2.66. The van der Waals surface area contributed by atoms with Crippen molar-refractivity contribution in [3.05, 3.63) is 98.7 Å². The van der Waals surface area contributed by atoms with E-state index in [-0.39, 0.29) is 52.1 Å². The van der Waals surface area contributed by atoms with E-state index in [1.54, 1.807) is 26.0 Å². The molecule has 12 heteroatoms. The summed E-state index contributed by atoms with van der Waals surface area (Å²) in [6.45, 7) is 18.8. The number of ether oxygens (including phenoxy) is 4. The van der Waals surface area contributed by atoms with Gasteiger partial charge in [-0.05, 0) is 179 Å². The van der Waals surface area contributed by atoms with Crippen LogP contribution in [0.5, 0.6) is 23.0 Å². The summed E-state index contributed by atoms with van der Waals surface area (Å²) in [5, 5.41) is 42.2. The molecule has 3 aliphatic heterocycles. The molecule has 7 aliphatic rings. The number of hydrogen-bond donors (Lipinski definition) is 4. The molecular weight excluding hydrogens is 889 g/mol. The predicted octanol–water partition coefficient (Wildman–Crippen LogP) is 11.7. The lowest BCUT2D eigenvalue weighted by Gasteiger charge is -2.50. The van der Waals surface area contributed by atoms with Crippen molar-refractivity contribution in [1.82, 2.24) is 0 Å². The molecule has 0 radical (unpaired) electrons. The first-order valence-electron chi connectivity index (χ1n) is 25.2. The second-order valence-corrected chi connectivity index (χ2v) is 22.5. The van der Waals surface area contributed by atoms with Crippen LogP contribution in [-0.4, -0.2) is 72.6 Å². The Morgan fingerprint density at radius 1 is 0.871 bits per heavy atom. The first-order valence-corrected chi connectivity index (χ1v) is 25.2. The summed E-state index contributed by atoms with van der Waals surface area (Å²) in [5.41, 5.74) is 0.279. The Labute approximate surface area is 412 Å². The largest absolute Gasteiger partial charge is 0.508 e. The number of hydrogen-bond acceptors (Lipinski definition) is 10. The Hall–Kier alpha value is -5.62. The summed E-state index contributed by atoms with van der Waals surface area (Å²) in [5.74, 6) is -1.30. The van der Waals surface area contributed by atoms with Gasteiger partial charge in [0, 0.05) is 41.4 Å². The Kier molecular flexibility index (Phi) is 13.4. The number of Topliss-reactive ketones (excluding diaryl/α,β-unsaturated/α-hetero) is 1. The van der Waals surface area contributed by atoms with Gasteiger partial charge in [-0.2, -0.15) is 0 Å². The van der Waals surface area contributed by atoms with Gasteiger partial charge in [-0.25, -0.2) is 9.59 Å². The molecule has 3 heterocycles. The maximum absolute atomic E-state index is 14.7. The molecule has 0 bridgehead atoms. The normalized spacial score (nSPS) is 31.7. The van der Waals surface area contributed by atoms with Crippen LogP contribution in [0.2, 0.25) is 0 Å². The van der Waals surface area contributed by atoms with Crippen LogP contribution in [0.3, 0.4) is 0 Å². The van der Waals surface area contributed by atoms with Crippen molar-refractivity contribution in [2.75, 3.05) is 0 Å². The summed E-state index contributed by atoms with van der Waals surface area (Å²) in [4.78, 5) is 51.5. The number of esters is 1. The van der Waals surface area contributed by atoms with Crippen molar-refractivity contribution in [2.24, 2.45) is 23.2 Å². The molecular formula is C58H72O12. The minimum atomic E-state index is -2.16. The van der Waals surface area contributed by atoms with Crippen molar-refractivity contribution in [2.45, 2.75) is 181 Å². The SMILES string of the molecule is CC(=O)OC1CCC2C3CCc4cc(O)ccc4C3CCC12C.CC(C)=CCCC1(C)C=Cc2c(O)c3c(c(CC=C(C)C)c2O1)OC12C(=CCCC1C(C)(C)OC2(CC=C(C)C(=O)O)C(=O)O)C3=O. The van der Waals surface area contributed by atoms with E-state index in [4.69, 9.17) is 18.9 Å². The van der Waals surface area contributed by atoms with Crippen LogP contribution < -0.4 is 9.47 Å². The molecule has 9 atom stereocenters. The van der Waals surface area contributed by atoms with E-state index >= 15 is 0 Å². The average Bonchev–Trinajstić information content (AvgIpc) is 3.71. The molecule has 376 valence electrons. The molecule has 3 fully saturated rings. The van der Waals surface area contributed by atoms with Crippen molar-refractivity contribution in [3.63, 3.8) is 0 Å². The first kappa shape index (κ1) is 50.8. The molecule has 4 N–H and O–H groups in total. The van der Waals surface area contributed by atoms with Crippen molar-refractivity contribution in [1.29, 1.82) is 0 Å². The molecule has 0 aromatic heterocycles. The number of aliphatic carboxylic acids is 2. The minimum absolute atomic E-state index is 0.0407. The fourth-order valence-corrected chi connectivity index (χ4v) is 13.6. The Bertz CT molecular complexity index is 2660. The quantitative estimate of drug-likeness (QED) is 0.100. The predicted molar refractivity (Wildman–Crippen MR) is 266 cm³/mol. The highest BCUT2D eigenvalue weighted by Gasteiger charge is 2.77. The fraction of sp³-hybridized carbons (Fsp3) is 0.552. The molecule has 9 rings (SSSR count). The average molecular weight is 961 g/mol. The summed E-state index contributed by atoms with van der Waals surface area (Å²) < 4.78 is 25.9. The number of carboxylic acids is 2. The number of phenols is 2. The van der Waals surface area contributed by atoms with Crippen LogP contribution in [0.25, 0.3) is 6.08 Å². The summed E-state index contributed by atoms with van der Waals surface area (Å²) in [6.07, 6.45) is 20.0. The molecule has 1 spiro atoms. The lowest BCUT2D eigenvalue weighted by atomic mass is 9.55. The fourth-order valence-electron chi connectivity index (χ4n) is 13.6. The van der Waals surface area contributed by atoms with E-state index in [0.29, 0.717) is 66.1 Å². The molecule has 0 amide bonds. The third-order valence-corrected chi connectivity index (χ3v) is 17.0. The second kappa shape index (κ2) is 18.5. The van der Waals surface area contributed by atoms with Gasteiger partial charge in [0.1, 0.15) is 40.3 Å². The van der Waals surface area contributed by atoms with Gasteiger partial charge in [0.2, 0.25) is 5.60 Å². The molecule has 9 unspecified atom stereocenters. The topological polar surface area (TPSA) is 186 Å². The number of allylic oxidation sites excluding steroid dienone is 5. The van der Waals surface area contributed by atoms with Gasteiger partial charge in [0.25, 0.3) is 0 Å². The van der Waals surface area contributed by atoms with E-state index in [0.717, 1.165) is 31.3 Å². The third-order valence-electron chi connectivity index (χ3n) is 17.0. The zero-order valence-corrected chi connectivity index (χ0v) is 42.6. The van der Waals surface area contributed by atoms with Crippen LogP contribution >= 0.6 is 0 Å². The van der Waals surface area contributed by atoms with Crippen molar-refractivity contribution in [3.8, 4) is 23.0 Å². The molecule has 12 nitrogen and oxygen atoms in total. The lowest BCUT2D eigenvalue weighted by molar-refractivity contribution is -0.184. The number of fused-ring (bicyclic) bond motifs is 7. The molecule has 2 aromatic rings. The van der Waals surface area contributed by atoms with Gasteiger partial charge in [-0.1, -0.05) is 48.4 Å². The molecule has 1 saturated heterocycles. The number of aryl methyl sites for hydroxylation is 1. The number of carbonyl (C=O) groups is 4. The highest BCUT2D eigenvalue weighted by Crippen LogP contribution is 2.65. The van der Waals surface area contributed by atoms with E-state index in [9.17, 15) is 39.6 Å². The van der Waals surface area contributed by atoms with Gasteiger partial charge in [-0.15, -0.1) is 0 Å². The number of ketones is 1. The van der Waals surface area contributed by atoms with E-state index in [2.05, 4.69) is 19.1 Å². The van der Waals surface area contributed by atoms with Crippen LogP contribution in [-0.2, 0) is 36.7 Å². The number of carboxylic acid groups (broad SMARTS) is 2. The van der Waals surface area contributed by atoms with Crippen LogP contribution in [0, 0.1) is 23.2 Å². The number of aromatic hydroxyl groups is 2. The van der Waals surface area contributed by atoms with Gasteiger partial charge >= 0.3 is 17.9 Å². The highest BCUT2D eigenvalue weighted by molar-refractivity contribution is 6.17. The Morgan fingerprint density at radius 2 is 1.60 bits per heavy atom. The van der Waals surface area contributed by atoms with Crippen molar-refractivity contribution < 1.29 is 58.6 Å². The van der Waals surface area contributed by atoms with Crippen LogP contribution in [0.15, 0.2) is 70.9 Å². The van der Waals surface area contributed by atoms with E-state index < -0.39 is 46.0 Å². The Morgan fingerprint density at radius 3 is 2.27 bits per heavy atom. The van der Waals surface area contributed by atoms with Gasteiger partial charge in [-0.3, -0.25) is 9.59 Å².